The molecule has 0 aliphatic carbocycles. The SMILES string of the molecule is COC(=O)[C@H]1[C@@H](NC(=O)/C(=N\OCC(=O)OCc2ccc([N+](=O)[O-])cc2)c2csc(N)n2)C(=O)N1S(=O)(=O)[O-].[Na+]. The van der Waals surface area contributed by atoms with Gasteiger partial charge in [0.1, 0.15) is 18.3 Å². The van der Waals surface area contributed by atoms with Gasteiger partial charge in [0, 0.05) is 17.5 Å². The summed E-state index contributed by atoms with van der Waals surface area (Å²) < 4.78 is 43.1. The number of β-lactam (4-membered cyclic amide) rings is 1. The van der Waals surface area contributed by atoms with Crippen molar-refractivity contribution in [3.05, 3.63) is 51.0 Å². The molecule has 0 bridgehead atoms. The van der Waals surface area contributed by atoms with Gasteiger partial charge < -0.3 is 29.9 Å². The number of non-ortho nitro benzene ring substituents is 1. The Hall–Kier alpha value is -3.69. The maximum atomic E-state index is 12.9. The molecule has 0 spiro atoms. The number of thiazole rings is 1. The van der Waals surface area contributed by atoms with Crippen molar-refractivity contribution in [2.24, 2.45) is 5.16 Å². The number of nitro groups is 1. The Kier molecular flexibility index (Phi) is 11.0. The summed E-state index contributed by atoms with van der Waals surface area (Å²) >= 11 is 0.897. The molecule has 21 heteroatoms. The maximum Gasteiger partial charge on any atom is 1.00 e. The molecule has 1 aromatic carbocycles. The zero-order chi connectivity index (χ0) is 28.9. The molecular weight excluding hydrogens is 591 g/mol. The number of methoxy groups -OCH3 is 1. The van der Waals surface area contributed by atoms with Crippen LogP contribution >= 0.6 is 11.3 Å². The third-order valence-corrected chi connectivity index (χ3v) is 6.45. The van der Waals surface area contributed by atoms with Gasteiger partial charge in [0.05, 0.1) is 12.0 Å². The number of hydrogen-bond acceptors (Lipinski definition) is 16. The zero-order valence-corrected chi connectivity index (χ0v) is 24.2. The Balaban J connectivity index is 0.00000560. The molecule has 208 valence electrons. The normalized spacial score (nSPS) is 16.7. The van der Waals surface area contributed by atoms with E-state index in [-0.39, 0.29) is 57.0 Å². The van der Waals surface area contributed by atoms with Crippen LogP contribution in [0.2, 0.25) is 0 Å². The van der Waals surface area contributed by atoms with Gasteiger partial charge in [-0.1, -0.05) is 5.16 Å². The number of ether oxygens (including phenoxy) is 2. The van der Waals surface area contributed by atoms with Gasteiger partial charge in [-0.2, -0.15) is 0 Å². The number of amides is 2. The van der Waals surface area contributed by atoms with Gasteiger partial charge in [0.2, 0.25) is 6.61 Å². The monoisotopic (exact) mass is 608 g/mol. The van der Waals surface area contributed by atoms with Crippen LogP contribution in [0.4, 0.5) is 10.8 Å². The summed E-state index contributed by atoms with van der Waals surface area (Å²) in [5, 5.41) is 17.5. The first kappa shape index (κ1) is 32.5. The number of anilines is 1. The van der Waals surface area contributed by atoms with E-state index in [2.05, 4.69) is 20.2 Å². The molecule has 3 N–H and O–H groups in total. The Labute approximate surface area is 250 Å². The van der Waals surface area contributed by atoms with Crippen LogP contribution in [0.25, 0.3) is 0 Å². The van der Waals surface area contributed by atoms with Crippen LogP contribution < -0.4 is 40.6 Å². The summed E-state index contributed by atoms with van der Waals surface area (Å²) in [5.74, 6) is -4.83. The number of oxime groups is 1. The van der Waals surface area contributed by atoms with E-state index in [0.717, 1.165) is 18.4 Å². The standard InChI is InChI=1S/C19H18N6O12S2.Na/c1-35-18(29)15-14(17(28)24(15)39(32,33)34)22-16(27)13(11-8-38-19(20)21-11)23-37-7-12(26)36-6-9-2-4-10(5-3-9)25(30)31;/h2-5,8,14-15H,6-7H2,1H3,(H2,20,21)(H,22,27)(H,32,33,34);/q;+1/p-1/b23-13-;/t14-,15-;/m1./s1. The largest absolute Gasteiger partial charge is 1.00 e. The van der Waals surface area contributed by atoms with Crippen molar-refractivity contribution in [2.75, 3.05) is 19.5 Å². The topological polar surface area (TPSA) is 263 Å². The first-order valence-electron chi connectivity index (χ1n) is 10.3. The van der Waals surface area contributed by atoms with Gasteiger partial charge in [0.25, 0.3) is 17.5 Å². The van der Waals surface area contributed by atoms with Gasteiger partial charge >= 0.3 is 41.5 Å². The average molecular weight is 608 g/mol. The van der Waals surface area contributed by atoms with E-state index in [1.807, 2.05) is 0 Å². The molecule has 1 saturated heterocycles. The third-order valence-electron chi connectivity index (χ3n) is 4.89. The van der Waals surface area contributed by atoms with Crippen molar-refractivity contribution in [1.82, 2.24) is 14.6 Å². The van der Waals surface area contributed by atoms with E-state index < -0.39 is 63.4 Å². The average Bonchev–Trinajstić information content (AvgIpc) is 3.31. The first-order chi connectivity index (χ1) is 18.3. The second-order valence-corrected chi connectivity index (χ2v) is 9.52. The van der Waals surface area contributed by atoms with Crippen molar-refractivity contribution < 1.29 is 80.9 Å². The quantitative estimate of drug-likeness (QED) is 0.0463. The Morgan fingerprint density at radius 3 is 2.45 bits per heavy atom. The van der Waals surface area contributed by atoms with Crippen molar-refractivity contribution in [3.63, 3.8) is 0 Å². The molecule has 2 amide bonds. The number of rotatable bonds is 11. The number of nitrogens with zero attached hydrogens (tertiary/aromatic N) is 4. The van der Waals surface area contributed by atoms with Crippen LogP contribution in [-0.2, 0) is 50.4 Å². The fourth-order valence-electron chi connectivity index (χ4n) is 3.08. The number of esters is 2. The minimum atomic E-state index is -5.39. The number of nitrogens with two attached hydrogens (primary N) is 1. The van der Waals surface area contributed by atoms with Gasteiger partial charge in [-0.25, -0.2) is 27.3 Å². The number of benzene rings is 1. The fraction of sp³-hybridized carbons (Fsp3) is 0.263. The summed E-state index contributed by atoms with van der Waals surface area (Å²) in [7, 11) is -4.52. The van der Waals surface area contributed by atoms with Crippen LogP contribution in [0.1, 0.15) is 11.3 Å². The summed E-state index contributed by atoms with van der Waals surface area (Å²) in [4.78, 5) is 67.8. The van der Waals surface area contributed by atoms with E-state index in [0.29, 0.717) is 5.56 Å². The molecule has 2 heterocycles. The van der Waals surface area contributed by atoms with E-state index in [9.17, 15) is 42.3 Å². The van der Waals surface area contributed by atoms with Crippen LogP contribution in [-0.4, -0.2) is 82.4 Å². The van der Waals surface area contributed by atoms with E-state index in [1.165, 1.54) is 29.6 Å². The number of nitro benzene ring substituents is 1. The second-order valence-electron chi connectivity index (χ2n) is 7.38. The molecule has 1 aliphatic heterocycles. The minimum absolute atomic E-state index is 0. The summed E-state index contributed by atoms with van der Waals surface area (Å²) in [6, 6.07) is 1.42. The molecule has 18 nitrogen and oxygen atoms in total. The molecule has 1 aliphatic rings. The summed E-state index contributed by atoms with van der Waals surface area (Å²) in [5.41, 5.74) is 5.07. The zero-order valence-electron chi connectivity index (χ0n) is 20.5. The molecule has 1 aromatic heterocycles. The number of aromatic nitrogens is 1. The first-order valence-corrected chi connectivity index (χ1v) is 12.6. The number of carbonyl (C=O) groups excluding carboxylic acids is 4. The number of nitrogen functional groups attached to an aromatic ring is 1. The summed E-state index contributed by atoms with van der Waals surface area (Å²) in [6.45, 7) is -1.06. The van der Waals surface area contributed by atoms with Gasteiger partial charge in [-0.15, -0.1) is 11.3 Å². The van der Waals surface area contributed by atoms with E-state index in [4.69, 9.17) is 15.3 Å². The maximum absolute atomic E-state index is 12.9. The molecule has 2 atom stereocenters. The molecule has 3 rings (SSSR count). The smallest absolute Gasteiger partial charge is 0.731 e. The third kappa shape index (κ3) is 7.70. The minimum Gasteiger partial charge on any atom is -0.731 e. The van der Waals surface area contributed by atoms with E-state index >= 15 is 0 Å². The van der Waals surface area contributed by atoms with Crippen molar-refractivity contribution in [2.45, 2.75) is 18.7 Å². The number of hydrogen-bond donors (Lipinski definition) is 2. The predicted molar refractivity (Wildman–Crippen MR) is 126 cm³/mol. The van der Waals surface area contributed by atoms with Crippen LogP contribution in [0.15, 0.2) is 34.8 Å². The number of nitrogens with one attached hydrogen (secondary N) is 1. The molecule has 2 aromatic rings. The number of carbonyl (C=O) groups is 4. The van der Waals surface area contributed by atoms with Gasteiger partial charge in [0.15, 0.2) is 27.2 Å². The predicted octanol–water partition coefficient (Wildman–Crippen LogP) is -4.57. The molecule has 40 heavy (non-hydrogen) atoms. The molecular formula is C19H17N6NaO12S2. The Morgan fingerprint density at radius 1 is 1.27 bits per heavy atom. The molecule has 0 radical (unpaired) electrons. The Bertz CT molecular complexity index is 1450. The van der Waals surface area contributed by atoms with Gasteiger partial charge in [-0.05, 0) is 17.7 Å². The van der Waals surface area contributed by atoms with Crippen molar-refractivity contribution >= 4 is 61.9 Å². The molecule has 0 unspecified atom stereocenters. The van der Waals surface area contributed by atoms with Crippen LogP contribution in [0.5, 0.6) is 0 Å². The van der Waals surface area contributed by atoms with Crippen LogP contribution in [0.3, 0.4) is 0 Å². The van der Waals surface area contributed by atoms with E-state index in [1.54, 1.807) is 0 Å². The summed E-state index contributed by atoms with van der Waals surface area (Å²) in [6.07, 6.45) is 0. The fourth-order valence-corrected chi connectivity index (χ4v) is 4.45. The molecule has 1 fully saturated rings. The molecule has 0 saturated carbocycles. The van der Waals surface area contributed by atoms with Gasteiger partial charge in [-0.3, -0.25) is 19.7 Å². The Morgan fingerprint density at radius 2 is 1.93 bits per heavy atom. The second kappa shape index (κ2) is 13.6. The van der Waals surface area contributed by atoms with Crippen LogP contribution in [0, 0.1) is 10.1 Å². The van der Waals surface area contributed by atoms with Crippen molar-refractivity contribution in [1.29, 1.82) is 0 Å². The van der Waals surface area contributed by atoms with Crippen molar-refractivity contribution in [3.8, 4) is 0 Å².